The quantitative estimate of drug-likeness (QED) is 0.521. The van der Waals surface area contributed by atoms with Gasteiger partial charge in [-0.05, 0) is 23.8 Å². The van der Waals surface area contributed by atoms with Gasteiger partial charge in [0.2, 0.25) is 0 Å². The molecule has 1 heterocycles. The van der Waals surface area contributed by atoms with Gasteiger partial charge in [-0.2, -0.15) is 5.26 Å². The monoisotopic (exact) mass is 422 g/mol. The normalized spacial score (nSPS) is 11.5. The minimum absolute atomic E-state index is 0.250. The largest absolute Gasteiger partial charge is 0.252 e. The highest BCUT2D eigenvalue weighted by molar-refractivity contribution is 9.10. The van der Waals surface area contributed by atoms with Gasteiger partial charge in [-0.3, -0.25) is 4.21 Å². The third kappa shape index (κ3) is 3.82. The second-order valence-electron chi connectivity index (χ2n) is 5.52. The molecule has 1 unspecified atom stereocenters. The molecule has 2 aromatic carbocycles. The van der Waals surface area contributed by atoms with Crippen molar-refractivity contribution in [2.24, 2.45) is 0 Å². The lowest BCUT2D eigenvalue weighted by Crippen LogP contribution is -2.05. The molecule has 0 aliphatic heterocycles. The molecule has 0 aliphatic rings. The van der Waals surface area contributed by atoms with Crippen LogP contribution in [0.1, 0.15) is 5.56 Å². The van der Waals surface area contributed by atoms with E-state index in [-0.39, 0.29) is 5.75 Å². The number of hydrogen-bond donors (Lipinski definition) is 0. The molecule has 0 fully saturated rings. The summed E-state index contributed by atoms with van der Waals surface area (Å²) in [6.07, 6.45) is 1.58. The second kappa shape index (κ2) is 8.22. The summed E-state index contributed by atoms with van der Waals surface area (Å²) in [5.41, 5.74) is 3.54. The van der Waals surface area contributed by atoms with Gasteiger partial charge in [-0.15, -0.1) is 6.58 Å². The first-order valence-electron chi connectivity index (χ1n) is 7.90. The summed E-state index contributed by atoms with van der Waals surface area (Å²) in [4.78, 5) is 4.56. The molecule has 5 heteroatoms. The third-order valence-corrected chi connectivity index (χ3v) is 5.60. The Morgan fingerprint density at radius 1 is 1.12 bits per heavy atom. The maximum atomic E-state index is 12.7. The Morgan fingerprint density at radius 3 is 2.42 bits per heavy atom. The number of nitrogens with zero attached hydrogens (tertiary/aromatic N) is 2. The molecule has 1 aromatic heterocycles. The zero-order valence-corrected chi connectivity index (χ0v) is 16.3. The van der Waals surface area contributed by atoms with Gasteiger partial charge in [0, 0.05) is 21.4 Å². The SMILES string of the molecule is C=CCS(=O)c1nc(-c2ccc(Br)cc2)cc(-c2ccccc2)c1C#N. The Hall–Kier alpha value is -2.55. The van der Waals surface area contributed by atoms with E-state index in [1.165, 1.54) is 0 Å². The van der Waals surface area contributed by atoms with Crippen molar-refractivity contribution in [3.63, 3.8) is 0 Å². The van der Waals surface area contributed by atoms with Crippen LogP contribution in [0.5, 0.6) is 0 Å². The van der Waals surface area contributed by atoms with Crippen molar-refractivity contribution in [1.82, 2.24) is 4.98 Å². The van der Waals surface area contributed by atoms with E-state index in [0.29, 0.717) is 16.3 Å². The van der Waals surface area contributed by atoms with Crippen LogP contribution in [0.2, 0.25) is 0 Å². The molecule has 128 valence electrons. The molecule has 0 aliphatic carbocycles. The summed E-state index contributed by atoms with van der Waals surface area (Å²) in [5.74, 6) is 0.250. The number of benzene rings is 2. The van der Waals surface area contributed by atoms with Crippen molar-refractivity contribution in [2.75, 3.05) is 5.75 Å². The summed E-state index contributed by atoms with van der Waals surface area (Å²) in [6.45, 7) is 3.64. The summed E-state index contributed by atoms with van der Waals surface area (Å²) in [7, 11) is -1.43. The van der Waals surface area contributed by atoms with Gasteiger partial charge in [0.25, 0.3) is 0 Å². The molecule has 0 saturated carbocycles. The highest BCUT2D eigenvalue weighted by atomic mass is 79.9. The lowest BCUT2D eigenvalue weighted by molar-refractivity contribution is 0.682. The molecular weight excluding hydrogens is 408 g/mol. The molecule has 0 amide bonds. The minimum Gasteiger partial charge on any atom is -0.252 e. The molecule has 3 nitrogen and oxygen atoms in total. The highest BCUT2D eigenvalue weighted by Crippen LogP contribution is 2.31. The number of aromatic nitrogens is 1. The van der Waals surface area contributed by atoms with Gasteiger partial charge in [0.05, 0.1) is 22.1 Å². The second-order valence-corrected chi connectivity index (χ2v) is 7.85. The predicted octanol–water partition coefficient (Wildman–Crippen LogP) is 5.34. The maximum Gasteiger partial charge on any atom is 0.146 e. The van der Waals surface area contributed by atoms with Crippen molar-refractivity contribution >= 4 is 26.7 Å². The van der Waals surface area contributed by atoms with E-state index in [1.54, 1.807) is 6.08 Å². The van der Waals surface area contributed by atoms with E-state index < -0.39 is 10.8 Å². The van der Waals surface area contributed by atoms with Crippen LogP contribution in [-0.4, -0.2) is 14.9 Å². The standard InChI is InChI=1S/C21H15BrN2OS/c1-2-12-26(25)21-19(14-23)18(15-6-4-3-5-7-15)13-20(24-21)16-8-10-17(22)11-9-16/h2-11,13H,1,12H2. The summed E-state index contributed by atoms with van der Waals surface area (Å²) >= 11 is 3.43. The van der Waals surface area contributed by atoms with Gasteiger partial charge in [-0.1, -0.05) is 64.5 Å². The Morgan fingerprint density at radius 2 is 1.81 bits per heavy atom. The average Bonchev–Trinajstić information content (AvgIpc) is 2.68. The van der Waals surface area contributed by atoms with Crippen LogP contribution in [0.4, 0.5) is 0 Å². The van der Waals surface area contributed by atoms with Crippen molar-refractivity contribution in [3.05, 3.63) is 83.4 Å². The number of nitriles is 1. The van der Waals surface area contributed by atoms with Gasteiger partial charge < -0.3 is 0 Å². The Labute approximate surface area is 163 Å². The number of hydrogen-bond acceptors (Lipinski definition) is 3. The molecule has 1 atom stereocenters. The van der Waals surface area contributed by atoms with Crippen molar-refractivity contribution in [2.45, 2.75) is 5.03 Å². The molecule has 3 rings (SSSR count). The minimum atomic E-state index is -1.43. The zero-order valence-electron chi connectivity index (χ0n) is 13.9. The predicted molar refractivity (Wildman–Crippen MR) is 109 cm³/mol. The molecule has 26 heavy (non-hydrogen) atoms. The third-order valence-electron chi connectivity index (χ3n) is 3.81. The smallest absolute Gasteiger partial charge is 0.146 e. The fourth-order valence-corrected chi connectivity index (χ4v) is 3.81. The maximum absolute atomic E-state index is 12.7. The van der Waals surface area contributed by atoms with E-state index >= 15 is 0 Å². The van der Waals surface area contributed by atoms with Crippen LogP contribution < -0.4 is 0 Å². The van der Waals surface area contributed by atoms with Crippen LogP contribution in [0.3, 0.4) is 0 Å². The number of rotatable bonds is 5. The van der Waals surface area contributed by atoms with E-state index in [1.807, 2.05) is 60.7 Å². The van der Waals surface area contributed by atoms with Crippen molar-refractivity contribution in [3.8, 4) is 28.5 Å². The topological polar surface area (TPSA) is 53.8 Å². The Bertz CT molecular complexity index is 1010. The molecular formula is C21H15BrN2OS. The molecule has 0 saturated heterocycles. The zero-order chi connectivity index (χ0) is 18.5. The molecule has 3 aromatic rings. The fourth-order valence-electron chi connectivity index (χ4n) is 2.59. The highest BCUT2D eigenvalue weighted by Gasteiger charge is 2.19. The van der Waals surface area contributed by atoms with Gasteiger partial charge in [0.15, 0.2) is 0 Å². The van der Waals surface area contributed by atoms with E-state index in [9.17, 15) is 9.47 Å². The van der Waals surface area contributed by atoms with Crippen LogP contribution in [0.25, 0.3) is 22.4 Å². The molecule has 0 bridgehead atoms. The first kappa shape index (κ1) is 18.2. The van der Waals surface area contributed by atoms with Crippen LogP contribution in [0, 0.1) is 11.3 Å². The van der Waals surface area contributed by atoms with Crippen LogP contribution in [-0.2, 0) is 10.8 Å². The van der Waals surface area contributed by atoms with E-state index in [0.717, 1.165) is 21.2 Å². The first-order valence-corrected chi connectivity index (χ1v) is 10.0. The summed E-state index contributed by atoms with van der Waals surface area (Å²) < 4.78 is 13.6. The summed E-state index contributed by atoms with van der Waals surface area (Å²) in [6, 6.07) is 21.4. The lowest BCUT2D eigenvalue weighted by atomic mass is 9.99. The average molecular weight is 423 g/mol. The van der Waals surface area contributed by atoms with Crippen LogP contribution in [0.15, 0.2) is 82.8 Å². The molecule has 0 N–H and O–H groups in total. The fraction of sp³-hybridized carbons (Fsp3) is 0.0476. The van der Waals surface area contributed by atoms with Crippen molar-refractivity contribution < 1.29 is 4.21 Å². The molecule has 0 spiro atoms. The van der Waals surface area contributed by atoms with Gasteiger partial charge >= 0.3 is 0 Å². The summed E-state index contributed by atoms with van der Waals surface area (Å²) in [5, 5.41) is 10.0. The van der Waals surface area contributed by atoms with Crippen LogP contribution >= 0.6 is 15.9 Å². The van der Waals surface area contributed by atoms with Crippen molar-refractivity contribution in [1.29, 1.82) is 5.26 Å². The first-order chi connectivity index (χ1) is 12.6. The Balaban J connectivity index is 2.28. The lowest BCUT2D eigenvalue weighted by Gasteiger charge is -2.12. The van der Waals surface area contributed by atoms with E-state index in [2.05, 4.69) is 33.6 Å². The van der Waals surface area contributed by atoms with E-state index in [4.69, 9.17) is 0 Å². The molecule has 0 radical (unpaired) electrons. The van der Waals surface area contributed by atoms with Gasteiger partial charge in [0.1, 0.15) is 11.1 Å². The van der Waals surface area contributed by atoms with Gasteiger partial charge in [-0.25, -0.2) is 4.98 Å². The Kier molecular flexibility index (Phi) is 5.77. The number of pyridine rings is 1. The number of halogens is 1.